The summed E-state index contributed by atoms with van der Waals surface area (Å²) >= 11 is 4.94. The summed E-state index contributed by atoms with van der Waals surface area (Å²) in [5.74, 6) is 0.621. The highest BCUT2D eigenvalue weighted by atomic mass is 79.9. The third-order valence-electron chi connectivity index (χ3n) is 2.09. The third kappa shape index (κ3) is 4.28. The van der Waals surface area contributed by atoms with Gasteiger partial charge in [-0.25, -0.2) is 14.8 Å². The molecule has 5 nitrogen and oxygen atoms in total. The van der Waals surface area contributed by atoms with Crippen LogP contribution in [0.4, 0.5) is 10.5 Å². The van der Waals surface area contributed by atoms with Gasteiger partial charge in [0.15, 0.2) is 5.82 Å². The van der Waals surface area contributed by atoms with Gasteiger partial charge < -0.3 is 4.74 Å². The number of anilines is 1. The normalized spacial score (nSPS) is 11.2. The molecular weight excluding hydrogens is 342 g/mol. The van der Waals surface area contributed by atoms with Crippen LogP contribution < -0.4 is 5.32 Å². The smallest absolute Gasteiger partial charge is 0.412 e. The van der Waals surface area contributed by atoms with Gasteiger partial charge in [-0.3, -0.25) is 5.32 Å². The molecule has 0 fully saturated rings. The molecule has 2 aromatic heterocycles. The number of halogens is 1. The van der Waals surface area contributed by atoms with E-state index in [4.69, 9.17) is 4.74 Å². The number of aromatic nitrogens is 2. The lowest BCUT2D eigenvalue weighted by Crippen LogP contribution is -2.27. The van der Waals surface area contributed by atoms with Gasteiger partial charge in [-0.05, 0) is 48.8 Å². The van der Waals surface area contributed by atoms with Crippen LogP contribution >= 0.6 is 27.3 Å². The van der Waals surface area contributed by atoms with Gasteiger partial charge in [0.25, 0.3) is 0 Å². The molecule has 1 amide bonds. The summed E-state index contributed by atoms with van der Waals surface area (Å²) in [6.07, 6.45) is 2.59. The Morgan fingerprint density at radius 1 is 1.30 bits per heavy atom. The highest BCUT2D eigenvalue weighted by Gasteiger charge is 2.16. The summed E-state index contributed by atoms with van der Waals surface area (Å²) in [6.45, 7) is 5.42. The van der Waals surface area contributed by atoms with Crippen LogP contribution in [-0.2, 0) is 4.74 Å². The number of carbonyl (C=O) groups is 1. The van der Waals surface area contributed by atoms with Gasteiger partial charge in [-0.15, -0.1) is 11.3 Å². The molecule has 0 bridgehead atoms. The average Bonchev–Trinajstić information content (AvgIpc) is 2.74. The van der Waals surface area contributed by atoms with Crippen molar-refractivity contribution in [2.24, 2.45) is 0 Å². The summed E-state index contributed by atoms with van der Waals surface area (Å²) in [5.41, 5.74) is -0.0349. The standard InChI is InChI=1S/C13H14BrN3O2S/c1-13(2,3)19-12(18)17-8-6-15-11(16-7-8)9-4-5-10(14)20-9/h4-7H,1-3H3,(H,17,18). The zero-order valence-electron chi connectivity index (χ0n) is 11.3. The highest BCUT2D eigenvalue weighted by Crippen LogP contribution is 2.29. The fourth-order valence-electron chi connectivity index (χ4n) is 1.38. The molecule has 0 aliphatic heterocycles. The Hall–Kier alpha value is -1.47. The summed E-state index contributed by atoms with van der Waals surface area (Å²) in [6, 6.07) is 3.88. The maximum absolute atomic E-state index is 11.6. The summed E-state index contributed by atoms with van der Waals surface area (Å²) in [5, 5.41) is 2.59. The van der Waals surface area contributed by atoms with E-state index in [0.717, 1.165) is 8.66 Å². The quantitative estimate of drug-likeness (QED) is 0.871. The number of nitrogens with zero attached hydrogens (tertiary/aromatic N) is 2. The summed E-state index contributed by atoms with van der Waals surface area (Å²) in [4.78, 5) is 21.0. The van der Waals surface area contributed by atoms with Crippen LogP contribution in [0.25, 0.3) is 10.7 Å². The van der Waals surface area contributed by atoms with Crippen LogP contribution in [-0.4, -0.2) is 21.7 Å². The molecule has 1 N–H and O–H groups in total. The molecule has 0 saturated heterocycles. The molecule has 0 unspecified atom stereocenters. The van der Waals surface area contributed by atoms with Crippen molar-refractivity contribution in [1.29, 1.82) is 0 Å². The minimum atomic E-state index is -0.534. The van der Waals surface area contributed by atoms with Gasteiger partial charge in [0.1, 0.15) is 5.60 Å². The molecule has 7 heteroatoms. The van der Waals surface area contributed by atoms with Gasteiger partial charge in [0.05, 0.1) is 26.7 Å². The largest absolute Gasteiger partial charge is 0.444 e. The van der Waals surface area contributed by atoms with Crippen LogP contribution in [0.3, 0.4) is 0 Å². The number of hydrogen-bond acceptors (Lipinski definition) is 5. The number of thiophene rings is 1. The van der Waals surface area contributed by atoms with Crippen LogP contribution in [0, 0.1) is 0 Å². The minimum absolute atomic E-state index is 0.499. The Labute approximate surface area is 129 Å². The van der Waals surface area contributed by atoms with Crippen molar-refractivity contribution < 1.29 is 9.53 Å². The number of carbonyl (C=O) groups excluding carboxylic acids is 1. The van der Waals surface area contributed by atoms with Crippen molar-refractivity contribution in [3.63, 3.8) is 0 Å². The second-order valence-corrected chi connectivity index (χ2v) is 7.49. The molecule has 0 atom stereocenters. The first-order valence-corrected chi connectivity index (χ1v) is 7.52. The topological polar surface area (TPSA) is 64.1 Å². The maximum Gasteiger partial charge on any atom is 0.412 e. The second-order valence-electron chi connectivity index (χ2n) is 5.03. The van der Waals surface area contributed by atoms with Crippen LogP contribution in [0.2, 0.25) is 0 Å². The van der Waals surface area contributed by atoms with E-state index in [1.54, 1.807) is 44.5 Å². The van der Waals surface area contributed by atoms with Crippen LogP contribution in [0.15, 0.2) is 28.3 Å². The van der Waals surface area contributed by atoms with Gasteiger partial charge >= 0.3 is 6.09 Å². The number of amides is 1. The van der Waals surface area contributed by atoms with Crippen molar-refractivity contribution in [2.45, 2.75) is 26.4 Å². The van der Waals surface area contributed by atoms with Crippen molar-refractivity contribution in [2.75, 3.05) is 5.32 Å². The Morgan fingerprint density at radius 2 is 1.95 bits per heavy atom. The molecule has 20 heavy (non-hydrogen) atoms. The Balaban J connectivity index is 2.03. The molecule has 0 saturated carbocycles. The van der Waals surface area contributed by atoms with Gasteiger partial charge in [-0.1, -0.05) is 0 Å². The van der Waals surface area contributed by atoms with E-state index in [1.165, 1.54) is 0 Å². The summed E-state index contributed by atoms with van der Waals surface area (Å²) in [7, 11) is 0. The van der Waals surface area contributed by atoms with E-state index in [2.05, 4.69) is 31.2 Å². The zero-order valence-corrected chi connectivity index (χ0v) is 13.7. The second kappa shape index (κ2) is 5.88. The minimum Gasteiger partial charge on any atom is -0.444 e. The predicted molar refractivity (Wildman–Crippen MR) is 82.9 cm³/mol. The molecule has 0 aromatic carbocycles. The van der Waals surface area contributed by atoms with E-state index >= 15 is 0 Å². The number of nitrogens with one attached hydrogen (secondary N) is 1. The predicted octanol–water partition coefficient (Wildman–Crippen LogP) is 4.31. The first-order chi connectivity index (χ1) is 9.33. The molecule has 0 aliphatic carbocycles. The molecule has 2 aromatic rings. The van der Waals surface area contributed by atoms with E-state index < -0.39 is 11.7 Å². The van der Waals surface area contributed by atoms with Crippen molar-refractivity contribution in [1.82, 2.24) is 9.97 Å². The lowest BCUT2D eigenvalue weighted by atomic mass is 10.2. The SMILES string of the molecule is CC(C)(C)OC(=O)Nc1cnc(-c2ccc(Br)s2)nc1. The van der Waals surface area contributed by atoms with Gasteiger partial charge in [0.2, 0.25) is 0 Å². The molecule has 0 radical (unpaired) electrons. The molecular formula is C13H14BrN3O2S. The zero-order chi connectivity index (χ0) is 14.8. The third-order valence-corrected chi connectivity index (χ3v) is 3.71. The molecule has 0 spiro atoms. The molecule has 0 aliphatic rings. The lowest BCUT2D eigenvalue weighted by molar-refractivity contribution is 0.0636. The monoisotopic (exact) mass is 355 g/mol. The molecule has 2 heterocycles. The molecule has 106 valence electrons. The van der Waals surface area contributed by atoms with E-state index in [0.29, 0.717) is 11.5 Å². The van der Waals surface area contributed by atoms with Crippen molar-refractivity contribution >= 4 is 39.0 Å². The fourth-order valence-corrected chi connectivity index (χ4v) is 2.71. The lowest BCUT2D eigenvalue weighted by Gasteiger charge is -2.19. The first-order valence-electron chi connectivity index (χ1n) is 5.91. The maximum atomic E-state index is 11.6. The average molecular weight is 356 g/mol. The van der Waals surface area contributed by atoms with Gasteiger partial charge in [0, 0.05) is 0 Å². The van der Waals surface area contributed by atoms with Crippen LogP contribution in [0.5, 0.6) is 0 Å². The Bertz CT molecular complexity index is 605. The fraction of sp³-hybridized carbons (Fsp3) is 0.308. The number of rotatable bonds is 2. The van der Waals surface area contributed by atoms with E-state index in [9.17, 15) is 4.79 Å². The summed E-state index contributed by atoms with van der Waals surface area (Å²) < 4.78 is 6.17. The van der Waals surface area contributed by atoms with Gasteiger partial charge in [-0.2, -0.15) is 0 Å². The Morgan fingerprint density at radius 3 is 2.45 bits per heavy atom. The van der Waals surface area contributed by atoms with Crippen LogP contribution in [0.1, 0.15) is 20.8 Å². The van der Waals surface area contributed by atoms with Crippen molar-refractivity contribution in [3.8, 4) is 10.7 Å². The van der Waals surface area contributed by atoms with Crippen molar-refractivity contribution in [3.05, 3.63) is 28.3 Å². The number of ether oxygens (including phenoxy) is 1. The van der Waals surface area contributed by atoms with E-state index in [-0.39, 0.29) is 0 Å². The highest BCUT2D eigenvalue weighted by molar-refractivity contribution is 9.11. The number of hydrogen-bond donors (Lipinski definition) is 1. The Kier molecular flexibility index (Phi) is 4.39. The first kappa shape index (κ1) is 14.9. The van der Waals surface area contributed by atoms with E-state index in [1.807, 2.05) is 12.1 Å². The molecule has 2 rings (SSSR count).